The summed E-state index contributed by atoms with van der Waals surface area (Å²) in [6, 6.07) is 7.05. The topological polar surface area (TPSA) is 126 Å². The van der Waals surface area contributed by atoms with Crippen LogP contribution in [0.25, 0.3) is 0 Å². The number of aliphatic imine (C=N–C) groups is 1. The van der Waals surface area contributed by atoms with Crippen molar-refractivity contribution in [3.05, 3.63) is 47.4 Å². The van der Waals surface area contributed by atoms with Crippen molar-refractivity contribution >= 4 is 23.8 Å². The number of hydrogen-bond donors (Lipinski definition) is 4. The van der Waals surface area contributed by atoms with Crippen molar-refractivity contribution in [3.63, 3.8) is 0 Å². The SMILES string of the molecule is NC1=Nc2ncc(CNc3ccc(C=O)cc3)nc2[C@@H](O)N1. The molecule has 0 bridgehead atoms. The number of fused-ring (bicyclic) bond motifs is 1. The van der Waals surface area contributed by atoms with Crippen LogP contribution in [-0.2, 0) is 6.54 Å². The van der Waals surface area contributed by atoms with E-state index >= 15 is 0 Å². The number of carbonyl (C=O) groups is 1. The lowest BCUT2D eigenvalue weighted by Gasteiger charge is -2.19. The van der Waals surface area contributed by atoms with Crippen molar-refractivity contribution in [2.75, 3.05) is 5.32 Å². The van der Waals surface area contributed by atoms with Crippen LogP contribution in [0.5, 0.6) is 0 Å². The van der Waals surface area contributed by atoms with Gasteiger partial charge in [0, 0.05) is 11.3 Å². The van der Waals surface area contributed by atoms with Crippen LogP contribution in [0.1, 0.15) is 28.0 Å². The molecule has 0 fully saturated rings. The summed E-state index contributed by atoms with van der Waals surface area (Å²) < 4.78 is 0. The molecule has 0 saturated carbocycles. The average molecular weight is 298 g/mol. The number of aldehydes is 1. The molecule has 22 heavy (non-hydrogen) atoms. The van der Waals surface area contributed by atoms with Gasteiger partial charge in [0.2, 0.25) is 0 Å². The molecule has 0 spiro atoms. The highest BCUT2D eigenvalue weighted by molar-refractivity contribution is 5.82. The van der Waals surface area contributed by atoms with E-state index in [1.165, 1.54) is 0 Å². The summed E-state index contributed by atoms with van der Waals surface area (Å²) in [7, 11) is 0. The van der Waals surface area contributed by atoms with Gasteiger partial charge in [-0.2, -0.15) is 4.99 Å². The first-order valence-electron chi connectivity index (χ1n) is 6.59. The Balaban J connectivity index is 1.73. The van der Waals surface area contributed by atoms with E-state index in [9.17, 15) is 9.90 Å². The van der Waals surface area contributed by atoms with Gasteiger partial charge in [-0.1, -0.05) is 0 Å². The van der Waals surface area contributed by atoms with Gasteiger partial charge < -0.3 is 21.5 Å². The molecular weight excluding hydrogens is 284 g/mol. The van der Waals surface area contributed by atoms with Crippen LogP contribution in [0, 0.1) is 0 Å². The Morgan fingerprint density at radius 1 is 1.36 bits per heavy atom. The number of nitrogens with zero attached hydrogens (tertiary/aromatic N) is 3. The summed E-state index contributed by atoms with van der Waals surface area (Å²) in [6.45, 7) is 0.423. The van der Waals surface area contributed by atoms with Gasteiger partial charge in [-0.15, -0.1) is 0 Å². The minimum atomic E-state index is -1.02. The quantitative estimate of drug-likeness (QED) is 0.603. The van der Waals surface area contributed by atoms with E-state index in [1.54, 1.807) is 30.5 Å². The van der Waals surface area contributed by atoms with Crippen molar-refractivity contribution in [2.45, 2.75) is 12.8 Å². The standard InChI is InChI=1S/C14H14N6O2/c15-14-19-12-11(13(22)20-14)18-10(6-17-12)5-16-9-3-1-8(7-21)2-4-9/h1-4,6-7,13,16,22H,5H2,(H3,15,17,19,20)/t13-/m1/s1. The largest absolute Gasteiger partial charge is 0.379 e. The van der Waals surface area contributed by atoms with E-state index < -0.39 is 6.23 Å². The molecule has 8 nitrogen and oxygen atoms in total. The van der Waals surface area contributed by atoms with Gasteiger partial charge in [0.05, 0.1) is 18.4 Å². The number of nitrogens with one attached hydrogen (secondary N) is 2. The molecule has 1 aromatic carbocycles. The van der Waals surface area contributed by atoms with E-state index in [0.717, 1.165) is 12.0 Å². The molecule has 2 heterocycles. The van der Waals surface area contributed by atoms with Gasteiger partial charge in [0.1, 0.15) is 12.0 Å². The normalized spacial score (nSPS) is 16.2. The molecule has 1 aliphatic heterocycles. The molecule has 0 unspecified atom stereocenters. The minimum Gasteiger partial charge on any atom is -0.379 e. The molecule has 1 aromatic heterocycles. The highest BCUT2D eigenvalue weighted by atomic mass is 16.3. The molecule has 8 heteroatoms. The molecule has 1 aliphatic rings. The molecule has 3 rings (SSSR count). The zero-order valence-electron chi connectivity index (χ0n) is 11.5. The smallest absolute Gasteiger partial charge is 0.197 e. The van der Waals surface area contributed by atoms with E-state index in [2.05, 4.69) is 25.6 Å². The molecule has 0 saturated heterocycles. The van der Waals surface area contributed by atoms with E-state index in [-0.39, 0.29) is 5.96 Å². The molecule has 0 amide bonds. The summed E-state index contributed by atoms with van der Waals surface area (Å²) in [6.07, 6.45) is 1.34. The Morgan fingerprint density at radius 2 is 2.14 bits per heavy atom. The van der Waals surface area contributed by atoms with Crippen LogP contribution < -0.4 is 16.4 Å². The molecule has 0 aliphatic carbocycles. The second-order valence-corrected chi connectivity index (χ2v) is 4.71. The number of hydrogen-bond acceptors (Lipinski definition) is 8. The Hall–Kier alpha value is -3.00. The number of aliphatic hydroxyl groups is 1. The van der Waals surface area contributed by atoms with Gasteiger partial charge in [-0.25, -0.2) is 9.97 Å². The van der Waals surface area contributed by atoms with Crippen LogP contribution in [0.15, 0.2) is 35.5 Å². The maximum Gasteiger partial charge on any atom is 0.197 e. The van der Waals surface area contributed by atoms with Gasteiger partial charge in [-0.3, -0.25) is 4.79 Å². The molecule has 2 aromatic rings. The Morgan fingerprint density at radius 3 is 2.86 bits per heavy atom. The first kappa shape index (κ1) is 14.0. The summed E-state index contributed by atoms with van der Waals surface area (Å²) in [5.41, 5.74) is 7.96. The Bertz CT molecular complexity index is 729. The summed E-state index contributed by atoms with van der Waals surface area (Å²) in [4.78, 5) is 23.0. The van der Waals surface area contributed by atoms with E-state index in [4.69, 9.17) is 5.73 Å². The van der Waals surface area contributed by atoms with Crippen molar-refractivity contribution < 1.29 is 9.90 Å². The minimum absolute atomic E-state index is 0.107. The second kappa shape index (κ2) is 5.78. The summed E-state index contributed by atoms with van der Waals surface area (Å²) in [5.74, 6) is 0.415. The number of aliphatic hydroxyl groups excluding tert-OH is 1. The molecule has 5 N–H and O–H groups in total. The van der Waals surface area contributed by atoms with E-state index in [1.807, 2.05) is 0 Å². The molecule has 1 atom stereocenters. The number of nitrogens with two attached hydrogens (primary N) is 1. The predicted molar refractivity (Wildman–Crippen MR) is 80.6 cm³/mol. The highest BCUT2D eigenvalue weighted by Gasteiger charge is 2.21. The number of carbonyl (C=O) groups excluding carboxylic acids is 1. The third-order valence-electron chi connectivity index (χ3n) is 3.12. The first-order valence-corrected chi connectivity index (χ1v) is 6.59. The van der Waals surface area contributed by atoms with Crippen LogP contribution in [0.2, 0.25) is 0 Å². The third-order valence-corrected chi connectivity index (χ3v) is 3.12. The summed E-state index contributed by atoms with van der Waals surface area (Å²) in [5, 5.41) is 15.6. The first-order chi connectivity index (χ1) is 10.7. The lowest BCUT2D eigenvalue weighted by Crippen LogP contribution is -2.37. The predicted octanol–water partition coefficient (Wildman–Crippen LogP) is 0.441. The number of rotatable bonds is 4. The number of anilines is 1. The highest BCUT2D eigenvalue weighted by Crippen LogP contribution is 2.23. The molecular formula is C14H14N6O2. The maximum atomic E-state index is 10.6. The van der Waals surface area contributed by atoms with Crippen LogP contribution in [0.3, 0.4) is 0 Å². The number of aromatic nitrogens is 2. The Labute approximate surface area is 126 Å². The maximum absolute atomic E-state index is 10.6. The van der Waals surface area contributed by atoms with Gasteiger partial charge in [-0.05, 0) is 24.3 Å². The molecule has 0 radical (unpaired) electrons. The number of guanidine groups is 1. The molecule has 112 valence electrons. The van der Waals surface area contributed by atoms with Crippen LogP contribution in [0.4, 0.5) is 11.5 Å². The average Bonchev–Trinajstić information content (AvgIpc) is 2.53. The van der Waals surface area contributed by atoms with E-state index in [0.29, 0.717) is 29.3 Å². The lowest BCUT2D eigenvalue weighted by molar-refractivity contribution is 0.112. The van der Waals surface area contributed by atoms with Crippen molar-refractivity contribution in [1.29, 1.82) is 0 Å². The second-order valence-electron chi connectivity index (χ2n) is 4.71. The zero-order valence-corrected chi connectivity index (χ0v) is 11.5. The van der Waals surface area contributed by atoms with Crippen molar-refractivity contribution in [2.24, 2.45) is 10.7 Å². The summed E-state index contributed by atoms with van der Waals surface area (Å²) >= 11 is 0. The van der Waals surface area contributed by atoms with Crippen molar-refractivity contribution in [3.8, 4) is 0 Å². The van der Waals surface area contributed by atoms with Gasteiger partial charge in [0.25, 0.3) is 0 Å². The Kier molecular flexibility index (Phi) is 3.67. The lowest BCUT2D eigenvalue weighted by atomic mass is 10.2. The third kappa shape index (κ3) is 2.86. The fourth-order valence-corrected chi connectivity index (χ4v) is 2.02. The fraction of sp³-hybridized carbons (Fsp3) is 0.143. The van der Waals surface area contributed by atoms with Crippen molar-refractivity contribution in [1.82, 2.24) is 15.3 Å². The van der Waals surface area contributed by atoms with Gasteiger partial charge >= 0.3 is 0 Å². The fourth-order valence-electron chi connectivity index (χ4n) is 2.02. The van der Waals surface area contributed by atoms with Crippen LogP contribution >= 0.6 is 0 Å². The van der Waals surface area contributed by atoms with Gasteiger partial charge in [0.15, 0.2) is 18.0 Å². The monoisotopic (exact) mass is 298 g/mol. The van der Waals surface area contributed by atoms with Crippen LogP contribution in [-0.4, -0.2) is 27.3 Å². The zero-order chi connectivity index (χ0) is 15.5. The number of benzene rings is 1.